The summed E-state index contributed by atoms with van der Waals surface area (Å²) >= 11 is 0. The van der Waals surface area contributed by atoms with Gasteiger partial charge in [0, 0.05) is 13.2 Å². The first-order chi connectivity index (χ1) is 3.85. The van der Waals surface area contributed by atoms with Gasteiger partial charge in [-0.3, -0.25) is 0 Å². The number of aliphatic hydroxyl groups is 1. The zero-order valence-corrected chi connectivity index (χ0v) is 5.13. The summed E-state index contributed by atoms with van der Waals surface area (Å²) in [6.45, 7) is 2.90. The molecule has 0 rings (SSSR count). The van der Waals surface area contributed by atoms with Crippen molar-refractivity contribution < 1.29 is 9.84 Å². The molecular formula is C5H13NO2. The second-order valence-corrected chi connectivity index (χ2v) is 1.50. The van der Waals surface area contributed by atoms with Gasteiger partial charge in [-0.25, -0.2) is 0 Å². The van der Waals surface area contributed by atoms with Crippen molar-refractivity contribution in [3.63, 3.8) is 0 Å². The first-order valence-corrected chi connectivity index (χ1v) is 2.77. The van der Waals surface area contributed by atoms with E-state index >= 15 is 0 Å². The lowest BCUT2D eigenvalue weighted by Crippen LogP contribution is -2.27. The molecule has 8 heavy (non-hydrogen) atoms. The van der Waals surface area contributed by atoms with Gasteiger partial charge in [0.15, 0.2) is 0 Å². The van der Waals surface area contributed by atoms with E-state index in [-0.39, 0.29) is 12.7 Å². The summed E-state index contributed by atoms with van der Waals surface area (Å²) in [5.74, 6) is 0. The predicted octanol–water partition coefficient (Wildman–Crippen LogP) is -0.658. The second kappa shape index (κ2) is 5.03. The minimum atomic E-state index is -0.167. The van der Waals surface area contributed by atoms with Gasteiger partial charge >= 0.3 is 0 Å². The van der Waals surface area contributed by atoms with Gasteiger partial charge in [0.05, 0.1) is 12.7 Å². The lowest BCUT2D eigenvalue weighted by molar-refractivity contribution is 0.0261. The normalized spacial score (nSPS) is 13.9. The maximum Gasteiger partial charge on any atom is 0.0927 e. The van der Waals surface area contributed by atoms with E-state index in [0.717, 1.165) is 0 Å². The Morgan fingerprint density at radius 1 is 1.75 bits per heavy atom. The molecule has 0 heterocycles. The zero-order valence-electron chi connectivity index (χ0n) is 5.13. The van der Waals surface area contributed by atoms with E-state index in [2.05, 4.69) is 0 Å². The highest BCUT2D eigenvalue weighted by Gasteiger charge is 2.00. The molecule has 0 aliphatic heterocycles. The van der Waals surface area contributed by atoms with E-state index in [1.807, 2.05) is 6.92 Å². The number of aliphatic hydroxyl groups excluding tert-OH is 1. The fraction of sp³-hybridized carbons (Fsp3) is 1.00. The van der Waals surface area contributed by atoms with Crippen LogP contribution in [-0.4, -0.2) is 31.0 Å². The molecule has 3 nitrogen and oxygen atoms in total. The average molecular weight is 119 g/mol. The molecule has 1 atom stereocenters. The van der Waals surface area contributed by atoms with E-state index in [9.17, 15) is 0 Å². The molecule has 3 N–H and O–H groups in total. The van der Waals surface area contributed by atoms with Gasteiger partial charge in [0.1, 0.15) is 0 Å². The largest absolute Gasteiger partial charge is 0.394 e. The summed E-state index contributed by atoms with van der Waals surface area (Å²) < 4.78 is 4.97. The maximum atomic E-state index is 8.45. The molecule has 0 saturated carbocycles. The van der Waals surface area contributed by atoms with Crippen LogP contribution in [-0.2, 0) is 4.74 Å². The lowest BCUT2D eigenvalue weighted by atomic mass is 10.4. The third kappa shape index (κ3) is 2.96. The Hall–Kier alpha value is -0.120. The van der Waals surface area contributed by atoms with Gasteiger partial charge < -0.3 is 15.6 Å². The van der Waals surface area contributed by atoms with Crippen molar-refractivity contribution in [1.82, 2.24) is 0 Å². The van der Waals surface area contributed by atoms with Crippen LogP contribution in [0.2, 0.25) is 0 Å². The molecule has 0 spiro atoms. The van der Waals surface area contributed by atoms with Crippen molar-refractivity contribution in [2.75, 3.05) is 19.8 Å². The minimum absolute atomic E-state index is 0.0182. The van der Waals surface area contributed by atoms with Crippen LogP contribution < -0.4 is 5.73 Å². The topological polar surface area (TPSA) is 55.5 Å². The zero-order chi connectivity index (χ0) is 6.41. The van der Waals surface area contributed by atoms with E-state index in [1.54, 1.807) is 0 Å². The van der Waals surface area contributed by atoms with Gasteiger partial charge in [-0.15, -0.1) is 0 Å². The molecule has 0 bridgehead atoms. The van der Waals surface area contributed by atoms with E-state index < -0.39 is 0 Å². The first-order valence-electron chi connectivity index (χ1n) is 2.77. The SMILES string of the molecule is CCO[C@@H](CN)CO. The molecule has 0 radical (unpaired) electrons. The van der Waals surface area contributed by atoms with E-state index in [0.29, 0.717) is 13.2 Å². The van der Waals surface area contributed by atoms with E-state index in [1.165, 1.54) is 0 Å². The van der Waals surface area contributed by atoms with E-state index in [4.69, 9.17) is 15.6 Å². The van der Waals surface area contributed by atoms with Crippen molar-refractivity contribution in [2.24, 2.45) is 5.73 Å². The Morgan fingerprint density at radius 2 is 2.38 bits per heavy atom. The third-order valence-corrected chi connectivity index (χ3v) is 0.869. The van der Waals surface area contributed by atoms with Crippen LogP contribution in [0.15, 0.2) is 0 Å². The number of hydrogen-bond acceptors (Lipinski definition) is 3. The lowest BCUT2D eigenvalue weighted by Gasteiger charge is -2.09. The minimum Gasteiger partial charge on any atom is -0.394 e. The highest BCUT2D eigenvalue weighted by Crippen LogP contribution is 1.84. The van der Waals surface area contributed by atoms with Crippen LogP contribution in [0.5, 0.6) is 0 Å². The van der Waals surface area contributed by atoms with Gasteiger partial charge in [-0.05, 0) is 6.92 Å². The van der Waals surface area contributed by atoms with Crippen molar-refractivity contribution >= 4 is 0 Å². The molecule has 0 saturated heterocycles. The first kappa shape index (κ1) is 7.88. The van der Waals surface area contributed by atoms with Crippen molar-refractivity contribution in [1.29, 1.82) is 0 Å². The summed E-state index contributed by atoms with van der Waals surface area (Å²) in [7, 11) is 0. The molecule has 0 unspecified atom stereocenters. The van der Waals surface area contributed by atoms with Gasteiger partial charge in [-0.1, -0.05) is 0 Å². The predicted molar refractivity (Wildman–Crippen MR) is 31.6 cm³/mol. The average Bonchev–Trinajstić information content (AvgIpc) is 1.83. The number of ether oxygens (including phenoxy) is 1. The molecular weight excluding hydrogens is 106 g/mol. The second-order valence-electron chi connectivity index (χ2n) is 1.50. The molecule has 50 valence electrons. The summed E-state index contributed by atoms with van der Waals surface area (Å²) in [6, 6.07) is 0. The smallest absolute Gasteiger partial charge is 0.0927 e. The van der Waals surface area contributed by atoms with Crippen LogP contribution in [0.4, 0.5) is 0 Å². The highest BCUT2D eigenvalue weighted by atomic mass is 16.5. The molecule has 0 amide bonds. The Balaban J connectivity index is 3.07. The molecule has 0 fully saturated rings. The number of rotatable bonds is 4. The maximum absolute atomic E-state index is 8.45. The Labute approximate surface area is 49.4 Å². The summed E-state index contributed by atoms with van der Waals surface area (Å²) in [4.78, 5) is 0. The van der Waals surface area contributed by atoms with Crippen molar-refractivity contribution in [2.45, 2.75) is 13.0 Å². The van der Waals surface area contributed by atoms with Crippen LogP contribution >= 0.6 is 0 Å². The molecule has 0 aliphatic rings. The molecule has 0 aromatic carbocycles. The molecule has 0 aliphatic carbocycles. The van der Waals surface area contributed by atoms with Crippen LogP contribution in [0.25, 0.3) is 0 Å². The van der Waals surface area contributed by atoms with Crippen molar-refractivity contribution in [3.8, 4) is 0 Å². The van der Waals surface area contributed by atoms with Gasteiger partial charge in [0.2, 0.25) is 0 Å². The highest BCUT2D eigenvalue weighted by molar-refractivity contribution is 4.53. The molecule has 0 aromatic heterocycles. The standard InChI is InChI=1S/C5H13NO2/c1-2-8-5(3-6)4-7/h5,7H,2-4,6H2,1H3/t5-/m0/s1. The quantitative estimate of drug-likeness (QED) is 0.516. The Kier molecular flexibility index (Phi) is 4.95. The number of hydrogen-bond donors (Lipinski definition) is 2. The third-order valence-electron chi connectivity index (χ3n) is 0.869. The van der Waals surface area contributed by atoms with Crippen LogP contribution in [0, 0.1) is 0 Å². The van der Waals surface area contributed by atoms with Gasteiger partial charge in [0.25, 0.3) is 0 Å². The Morgan fingerprint density at radius 3 is 2.50 bits per heavy atom. The molecule has 0 aromatic rings. The summed E-state index contributed by atoms with van der Waals surface area (Å²) in [5, 5.41) is 8.45. The summed E-state index contributed by atoms with van der Waals surface area (Å²) in [5.41, 5.74) is 5.18. The van der Waals surface area contributed by atoms with Crippen LogP contribution in [0.1, 0.15) is 6.92 Å². The Bertz CT molecular complexity index is 45.7. The fourth-order valence-corrected chi connectivity index (χ4v) is 0.431. The van der Waals surface area contributed by atoms with Gasteiger partial charge in [-0.2, -0.15) is 0 Å². The van der Waals surface area contributed by atoms with Crippen LogP contribution in [0.3, 0.4) is 0 Å². The summed E-state index contributed by atoms with van der Waals surface area (Å²) in [6.07, 6.45) is -0.167. The fourth-order valence-electron chi connectivity index (χ4n) is 0.431. The number of nitrogens with two attached hydrogens (primary N) is 1. The molecule has 3 heteroatoms. The monoisotopic (exact) mass is 119 g/mol. The van der Waals surface area contributed by atoms with Crippen molar-refractivity contribution in [3.05, 3.63) is 0 Å².